The van der Waals surface area contributed by atoms with Crippen LogP contribution in [-0.2, 0) is 9.53 Å². The van der Waals surface area contributed by atoms with E-state index in [0.717, 1.165) is 42.7 Å². The summed E-state index contributed by atoms with van der Waals surface area (Å²) in [5.74, 6) is -0.127. The highest BCUT2D eigenvalue weighted by atomic mass is 16.5. The summed E-state index contributed by atoms with van der Waals surface area (Å²) >= 11 is 0. The van der Waals surface area contributed by atoms with Crippen molar-refractivity contribution in [2.75, 3.05) is 24.7 Å². The van der Waals surface area contributed by atoms with Gasteiger partial charge in [0, 0.05) is 24.3 Å². The van der Waals surface area contributed by atoms with Crippen LogP contribution in [0.25, 0.3) is 0 Å². The topological polar surface area (TPSA) is 64.3 Å². The lowest BCUT2D eigenvalue weighted by Gasteiger charge is -2.09. The second-order valence-corrected chi connectivity index (χ2v) is 4.39. The third-order valence-corrected chi connectivity index (χ3v) is 2.85. The van der Waals surface area contributed by atoms with Gasteiger partial charge >= 0.3 is 5.97 Å². The molecule has 0 amide bonds. The number of nitrogen functional groups attached to an aromatic ring is 1. The smallest absolute Gasteiger partial charge is 0.305 e. The van der Waals surface area contributed by atoms with Gasteiger partial charge in [-0.15, -0.1) is 0 Å². The largest absolute Gasteiger partial charge is 0.469 e. The molecule has 0 aliphatic heterocycles. The molecule has 100 valence electrons. The highest BCUT2D eigenvalue weighted by Crippen LogP contribution is 2.17. The number of nitrogens with one attached hydrogen (secondary N) is 1. The number of hydrogen-bond acceptors (Lipinski definition) is 4. The molecule has 0 fully saturated rings. The van der Waals surface area contributed by atoms with Crippen LogP contribution in [0.4, 0.5) is 11.4 Å². The summed E-state index contributed by atoms with van der Waals surface area (Å²) < 4.78 is 4.59. The molecule has 0 saturated heterocycles. The number of benzene rings is 1. The van der Waals surface area contributed by atoms with Gasteiger partial charge in [-0.3, -0.25) is 4.79 Å². The first-order valence-corrected chi connectivity index (χ1v) is 6.30. The molecule has 1 rings (SSSR count). The Morgan fingerprint density at radius 2 is 2.11 bits per heavy atom. The van der Waals surface area contributed by atoms with Crippen LogP contribution in [-0.4, -0.2) is 19.6 Å². The summed E-state index contributed by atoms with van der Waals surface area (Å²) in [5.41, 5.74) is 8.76. The van der Waals surface area contributed by atoms with Gasteiger partial charge in [0.25, 0.3) is 0 Å². The maximum absolute atomic E-state index is 10.9. The maximum atomic E-state index is 10.9. The number of nitrogens with two attached hydrogens (primary N) is 1. The third kappa shape index (κ3) is 5.08. The zero-order valence-corrected chi connectivity index (χ0v) is 11.2. The summed E-state index contributed by atoms with van der Waals surface area (Å²) in [6.45, 7) is 2.95. The van der Waals surface area contributed by atoms with E-state index in [1.807, 2.05) is 25.1 Å². The number of methoxy groups -OCH3 is 1. The van der Waals surface area contributed by atoms with E-state index in [2.05, 4.69) is 10.1 Å². The number of unbranched alkanes of at least 4 members (excludes halogenated alkanes) is 2. The predicted octanol–water partition coefficient (Wildman–Crippen LogP) is 2.72. The molecule has 0 aliphatic rings. The van der Waals surface area contributed by atoms with Crippen LogP contribution in [0.5, 0.6) is 0 Å². The molecule has 4 heteroatoms. The van der Waals surface area contributed by atoms with Crippen molar-refractivity contribution in [3.05, 3.63) is 23.8 Å². The Morgan fingerprint density at radius 1 is 1.33 bits per heavy atom. The minimum atomic E-state index is -0.127. The molecule has 1 aromatic carbocycles. The zero-order valence-electron chi connectivity index (χ0n) is 11.2. The van der Waals surface area contributed by atoms with Gasteiger partial charge in [0.15, 0.2) is 0 Å². The van der Waals surface area contributed by atoms with Gasteiger partial charge in [-0.25, -0.2) is 0 Å². The molecule has 18 heavy (non-hydrogen) atoms. The van der Waals surface area contributed by atoms with Crippen LogP contribution in [0.15, 0.2) is 18.2 Å². The lowest BCUT2D eigenvalue weighted by molar-refractivity contribution is -0.140. The van der Waals surface area contributed by atoms with Crippen LogP contribution in [0.1, 0.15) is 31.2 Å². The molecule has 4 nitrogen and oxygen atoms in total. The Hall–Kier alpha value is -1.71. The molecule has 0 unspecified atom stereocenters. The van der Waals surface area contributed by atoms with Gasteiger partial charge < -0.3 is 15.8 Å². The number of carbonyl (C=O) groups excluding carboxylic acids is 1. The van der Waals surface area contributed by atoms with Gasteiger partial charge in [-0.1, -0.05) is 6.42 Å². The average Bonchev–Trinajstić information content (AvgIpc) is 2.35. The zero-order chi connectivity index (χ0) is 13.4. The summed E-state index contributed by atoms with van der Waals surface area (Å²) in [4.78, 5) is 10.9. The fraction of sp³-hybridized carbons (Fsp3) is 0.500. The van der Waals surface area contributed by atoms with Crippen molar-refractivity contribution in [2.45, 2.75) is 32.6 Å². The van der Waals surface area contributed by atoms with E-state index in [4.69, 9.17) is 5.73 Å². The molecule has 1 aromatic rings. The second-order valence-electron chi connectivity index (χ2n) is 4.39. The lowest BCUT2D eigenvalue weighted by Crippen LogP contribution is -2.04. The number of hydrogen-bond donors (Lipinski definition) is 2. The van der Waals surface area contributed by atoms with Crippen LogP contribution >= 0.6 is 0 Å². The van der Waals surface area contributed by atoms with Crippen LogP contribution in [0.2, 0.25) is 0 Å². The van der Waals surface area contributed by atoms with E-state index in [0.29, 0.717) is 6.42 Å². The molecule has 0 saturated carbocycles. The van der Waals surface area contributed by atoms with E-state index >= 15 is 0 Å². The van der Waals surface area contributed by atoms with Gasteiger partial charge in [-0.2, -0.15) is 0 Å². The van der Waals surface area contributed by atoms with Gasteiger partial charge in [0.05, 0.1) is 7.11 Å². The molecule has 0 bridgehead atoms. The summed E-state index contributed by atoms with van der Waals surface area (Å²) in [5, 5.41) is 3.37. The van der Waals surface area contributed by atoms with Crippen LogP contribution in [0, 0.1) is 6.92 Å². The van der Waals surface area contributed by atoms with E-state index in [9.17, 15) is 4.79 Å². The Labute approximate surface area is 109 Å². The van der Waals surface area contributed by atoms with E-state index in [1.54, 1.807) is 0 Å². The van der Waals surface area contributed by atoms with E-state index in [-0.39, 0.29) is 5.97 Å². The van der Waals surface area contributed by atoms with Gasteiger partial charge in [0.1, 0.15) is 0 Å². The van der Waals surface area contributed by atoms with Crippen molar-refractivity contribution in [1.82, 2.24) is 0 Å². The fourth-order valence-corrected chi connectivity index (χ4v) is 1.78. The normalized spacial score (nSPS) is 10.1. The number of ether oxygens (including phenoxy) is 1. The lowest BCUT2D eigenvalue weighted by atomic mass is 10.1. The molecule has 0 heterocycles. The summed E-state index contributed by atoms with van der Waals surface area (Å²) in [7, 11) is 1.42. The molecular formula is C14H22N2O2. The SMILES string of the molecule is COC(=O)CCCCCNc1ccc(N)cc1C. The highest BCUT2D eigenvalue weighted by Gasteiger charge is 2.00. The quantitative estimate of drug-likeness (QED) is 0.443. The molecule has 0 aromatic heterocycles. The molecule has 3 N–H and O–H groups in total. The number of esters is 1. The predicted molar refractivity (Wildman–Crippen MR) is 74.6 cm³/mol. The molecule has 0 radical (unpaired) electrons. The van der Waals surface area contributed by atoms with Crippen molar-refractivity contribution >= 4 is 17.3 Å². The van der Waals surface area contributed by atoms with Crippen molar-refractivity contribution in [2.24, 2.45) is 0 Å². The third-order valence-electron chi connectivity index (χ3n) is 2.85. The Balaban J connectivity index is 2.16. The van der Waals surface area contributed by atoms with Crippen LogP contribution in [0.3, 0.4) is 0 Å². The Kier molecular flexibility index (Phi) is 6.05. The van der Waals surface area contributed by atoms with Gasteiger partial charge in [-0.05, 0) is 43.5 Å². The monoisotopic (exact) mass is 250 g/mol. The Morgan fingerprint density at radius 3 is 2.78 bits per heavy atom. The number of carbonyl (C=O) groups is 1. The molecule has 0 aliphatic carbocycles. The van der Waals surface area contributed by atoms with E-state index < -0.39 is 0 Å². The van der Waals surface area contributed by atoms with E-state index in [1.165, 1.54) is 7.11 Å². The molecular weight excluding hydrogens is 228 g/mol. The summed E-state index contributed by atoms with van der Waals surface area (Å²) in [6.07, 6.45) is 3.46. The molecule has 0 atom stereocenters. The first-order valence-electron chi connectivity index (χ1n) is 6.30. The average molecular weight is 250 g/mol. The number of rotatable bonds is 7. The van der Waals surface area contributed by atoms with Crippen molar-refractivity contribution < 1.29 is 9.53 Å². The molecule has 0 spiro atoms. The summed E-state index contributed by atoms with van der Waals surface area (Å²) in [6, 6.07) is 5.85. The van der Waals surface area contributed by atoms with Gasteiger partial charge in [0.2, 0.25) is 0 Å². The fourth-order valence-electron chi connectivity index (χ4n) is 1.78. The van der Waals surface area contributed by atoms with Crippen molar-refractivity contribution in [1.29, 1.82) is 0 Å². The highest BCUT2D eigenvalue weighted by molar-refractivity contribution is 5.68. The number of anilines is 2. The van der Waals surface area contributed by atoms with Crippen LogP contribution < -0.4 is 11.1 Å². The van der Waals surface area contributed by atoms with Crippen molar-refractivity contribution in [3.63, 3.8) is 0 Å². The first-order chi connectivity index (χ1) is 8.63. The standard InChI is InChI=1S/C14H22N2O2/c1-11-10-12(15)7-8-13(11)16-9-5-3-4-6-14(17)18-2/h7-8,10,16H,3-6,9,15H2,1-2H3. The minimum Gasteiger partial charge on any atom is -0.469 e. The number of aryl methyl sites for hydroxylation is 1. The maximum Gasteiger partial charge on any atom is 0.305 e. The minimum absolute atomic E-state index is 0.127. The Bertz CT molecular complexity index is 391. The second kappa shape index (κ2) is 7.58. The first kappa shape index (κ1) is 14.4. The van der Waals surface area contributed by atoms with Crippen molar-refractivity contribution in [3.8, 4) is 0 Å².